The van der Waals surface area contributed by atoms with E-state index in [0.717, 1.165) is 24.8 Å². The number of ketones is 1. The van der Waals surface area contributed by atoms with Gasteiger partial charge in [0.1, 0.15) is 18.0 Å². The van der Waals surface area contributed by atoms with Gasteiger partial charge in [0.25, 0.3) is 17.6 Å². The number of hydrogen-bond donors (Lipinski definition) is 0. The number of halogens is 1. The third kappa shape index (κ3) is 7.01. The largest absolute Gasteiger partial charge is 0.459 e. The number of aryl methyl sites for hydroxylation is 1. The van der Waals surface area contributed by atoms with Gasteiger partial charge in [-0.15, -0.1) is 0 Å². The fourth-order valence-electron chi connectivity index (χ4n) is 5.28. The van der Waals surface area contributed by atoms with Crippen LogP contribution in [-0.4, -0.2) is 70.7 Å². The smallest absolute Gasteiger partial charge is 0.326 e. The van der Waals surface area contributed by atoms with Gasteiger partial charge in [-0.25, -0.2) is 4.39 Å². The summed E-state index contributed by atoms with van der Waals surface area (Å²) < 4.78 is 20.3. The molecule has 3 aromatic rings. The van der Waals surface area contributed by atoms with Crippen molar-refractivity contribution in [3.63, 3.8) is 0 Å². The molecule has 2 heterocycles. The second-order valence-corrected chi connectivity index (χ2v) is 12.0. The molecule has 0 spiro atoms. The van der Waals surface area contributed by atoms with E-state index in [-0.39, 0.29) is 23.8 Å². The molecule has 218 valence electrons. The van der Waals surface area contributed by atoms with Crippen LogP contribution in [0.1, 0.15) is 65.5 Å². The van der Waals surface area contributed by atoms with Gasteiger partial charge < -0.3 is 19.1 Å². The van der Waals surface area contributed by atoms with Crippen molar-refractivity contribution in [3.05, 3.63) is 70.7 Å². The summed E-state index contributed by atoms with van der Waals surface area (Å²) in [4.78, 5) is 55.1. The Morgan fingerprint density at radius 3 is 2.22 bits per heavy atom. The topological polar surface area (TPSA) is 88.9 Å². The van der Waals surface area contributed by atoms with Gasteiger partial charge in [-0.2, -0.15) is 0 Å². The maximum atomic E-state index is 13.7. The van der Waals surface area contributed by atoms with E-state index in [2.05, 4.69) is 0 Å². The van der Waals surface area contributed by atoms with Crippen LogP contribution in [0, 0.1) is 18.7 Å². The highest BCUT2D eigenvalue weighted by Crippen LogP contribution is 2.29. The van der Waals surface area contributed by atoms with Gasteiger partial charge in [0.15, 0.2) is 0 Å². The summed E-state index contributed by atoms with van der Waals surface area (Å²) in [5, 5.41) is 0.439. The fraction of sp³-hybridized carbons (Fsp3) is 0.438. The molecule has 8 nitrogen and oxygen atoms in total. The first-order valence-electron chi connectivity index (χ1n) is 13.9. The lowest BCUT2D eigenvalue weighted by molar-refractivity contribution is -0.155. The number of amides is 2. The molecule has 0 bridgehead atoms. The number of Topliss-reactive ketones (excluding diaryl/α,β-unsaturated/α-hetero) is 1. The second-order valence-electron chi connectivity index (χ2n) is 12.0. The molecule has 0 atom stereocenters. The van der Waals surface area contributed by atoms with Crippen molar-refractivity contribution in [2.75, 3.05) is 27.2 Å². The van der Waals surface area contributed by atoms with Crippen molar-refractivity contribution in [1.82, 2.24) is 14.4 Å². The van der Waals surface area contributed by atoms with Crippen LogP contribution in [0.4, 0.5) is 4.39 Å². The Morgan fingerprint density at radius 2 is 1.63 bits per heavy atom. The van der Waals surface area contributed by atoms with Crippen LogP contribution in [0.25, 0.3) is 10.9 Å². The number of aromatic nitrogens is 1. The zero-order valence-electron chi connectivity index (χ0n) is 24.6. The van der Waals surface area contributed by atoms with Crippen molar-refractivity contribution in [2.24, 2.45) is 5.92 Å². The van der Waals surface area contributed by atoms with Crippen molar-refractivity contribution in [2.45, 2.75) is 59.1 Å². The van der Waals surface area contributed by atoms with Crippen molar-refractivity contribution < 1.29 is 28.3 Å². The molecule has 0 radical (unpaired) electrons. The van der Waals surface area contributed by atoms with Crippen LogP contribution >= 0.6 is 0 Å². The Hall–Kier alpha value is -4.01. The molecule has 1 aromatic heterocycles. The van der Waals surface area contributed by atoms with Crippen LogP contribution in [0.5, 0.6) is 0 Å². The highest BCUT2D eigenvalue weighted by Gasteiger charge is 2.28. The summed E-state index contributed by atoms with van der Waals surface area (Å²) in [6, 6.07) is 10.0. The van der Waals surface area contributed by atoms with Gasteiger partial charge >= 0.3 is 5.97 Å². The molecule has 1 aliphatic heterocycles. The normalized spacial score (nSPS) is 14.3. The summed E-state index contributed by atoms with van der Waals surface area (Å²) in [6.45, 7) is 8.18. The number of fused-ring (bicyclic) bond motifs is 1. The van der Waals surface area contributed by atoms with E-state index in [1.54, 1.807) is 49.6 Å². The molecule has 0 unspecified atom stereocenters. The Kier molecular flexibility index (Phi) is 8.66. The zero-order chi connectivity index (χ0) is 30.1. The van der Waals surface area contributed by atoms with Gasteiger partial charge in [0.2, 0.25) is 0 Å². The minimum absolute atomic E-state index is 0.134. The van der Waals surface area contributed by atoms with Crippen molar-refractivity contribution in [3.8, 4) is 0 Å². The molecule has 0 saturated carbocycles. The first-order chi connectivity index (χ1) is 19.2. The Labute approximate surface area is 240 Å². The third-order valence-corrected chi connectivity index (χ3v) is 7.36. The Bertz CT molecular complexity index is 1480. The van der Waals surface area contributed by atoms with Gasteiger partial charge in [0, 0.05) is 49.8 Å². The molecule has 2 aromatic carbocycles. The number of carbonyl (C=O) groups excluding carboxylic acids is 4. The quantitative estimate of drug-likeness (QED) is 0.234. The molecule has 0 aliphatic carbocycles. The molecule has 2 amide bonds. The van der Waals surface area contributed by atoms with Gasteiger partial charge in [-0.3, -0.25) is 19.2 Å². The molecular weight excluding hydrogens is 525 g/mol. The summed E-state index contributed by atoms with van der Waals surface area (Å²) in [5.41, 5.74) is 2.26. The first kappa shape index (κ1) is 30.0. The summed E-state index contributed by atoms with van der Waals surface area (Å²) >= 11 is 0. The van der Waals surface area contributed by atoms with Crippen LogP contribution in [0.15, 0.2) is 42.6 Å². The molecule has 1 aliphatic rings. The third-order valence-electron chi connectivity index (χ3n) is 7.36. The summed E-state index contributed by atoms with van der Waals surface area (Å²) in [6.07, 6.45) is 3.99. The molecule has 4 rings (SSSR count). The number of benzene rings is 2. The number of likely N-dealkylation sites (N-methyl/N-ethyl adjacent to an activating group) is 1. The number of nitrogens with zero attached hydrogens (tertiary/aromatic N) is 3. The summed E-state index contributed by atoms with van der Waals surface area (Å²) in [5.74, 6) is -1.88. The van der Waals surface area contributed by atoms with E-state index < -0.39 is 23.3 Å². The van der Waals surface area contributed by atoms with Gasteiger partial charge in [-0.1, -0.05) is 12.1 Å². The molecular formula is C32H38FN3O5. The first-order valence-corrected chi connectivity index (χ1v) is 13.9. The maximum absolute atomic E-state index is 13.7. The van der Waals surface area contributed by atoms with E-state index >= 15 is 0 Å². The lowest BCUT2D eigenvalue weighted by atomic mass is 9.89. The zero-order valence-corrected chi connectivity index (χ0v) is 24.6. The fourth-order valence-corrected chi connectivity index (χ4v) is 5.28. The minimum Gasteiger partial charge on any atom is -0.459 e. The highest BCUT2D eigenvalue weighted by molar-refractivity contribution is 6.44. The average Bonchev–Trinajstić information content (AvgIpc) is 3.24. The predicted molar refractivity (Wildman–Crippen MR) is 154 cm³/mol. The van der Waals surface area contributed by atoms with E-state index in [4.69, 9.17) is 4.74 Å². The number of esters is 1. The van der Waals surface area contributed by atoms with Crippen LogP contribution in [0.2, 0.25) is 0 Å². The van der Waals surface area contributed by atoms with Crippen LogP contribution in [-0.2, 0) is 27.3 Å². The molecule has 41 heavy (non-hydrogen) atoms. The van der Waals surface area contributed by atoms with E-state index in [9.17, 15) is 23.6 Å². The minimum atomic E-state index is -0.716. The van der Waals surface area contributed by atoms with E-state index in [1.807, 2.05) is 11.8 Å². The standard InChI is InChI=1S/C32H38FN3O5/c1-20-15-27-25(26(29(38)31(40)34(5)6)18-36(27)19-28(37)41-32(2,3)4)17-24(20)30(39)35-13-11-22(12-14-35)16-21-7-9-23(33)10-8-21/h7-10,15,17-18,22H,11-14,16,19H2,1-6H3. The van der Waals surface area contributed by atoms with Crippen LogP contribution < -0.4 is 0 Å². The number of hydrogen-bond acceptors (Lipinski definition) is 5. The maximum Gasteiger partial charge on any atom is 0.326 e. The highest BCUT2D eigenvalue weighted by atomic mass is 19.1. The second kappa shape index (κ2) is 11.8. The van der Waals surface area contributed by atoms with Crippen molar-refractivity contribution >= 4 is 34.5 Å². The van der Waals surface area contributed by atoms with E-state index in [1.165, 1.54) is 37.3 Å². The Balaban J connectivity index is 1.60. The number of carbonyl (C=O) groups is 4. The predicted octanol–water partition coefficient (Wildman–Crippen LogP) is 4.80. The monoisotopic (exact) mass is 563 g/mol. The number of piperidine rings is 1. The molecule has 0 N–H and O–H groups in total. The number of likely N-dealkylation sites (tertiary alicyclic amines) is 1. The Morgan fingerprint density at radius 1 is 1.00 bits per heavy atom. The molecule has 9 heteroatoms. The average molecular weight is 564 g/mol. The molecule has 1 fully saturated rings. The SMILES string of the molecule is Cc1cc2c(cc1C(=O)N1CCC(Cc3ccc(F)cc3)CC1)c(C(=O)C(=O)N(C)C)cn2CC(=O)OC(C)(C)C. The van der Waals surface area contributed by atoms with Crippen molar-refractivity contribution in [1.29, 1.82) is 0 Å². The van der Waals surface area contributed by atoms with Crippen LogP contribution in [0.3, 0.4) is 0 Å². The molecule has 1 saturated heterocycles. The van der Waals surface area contributed by atoms with Gasteiger partial charge in [0.05, 0.1) is 5.56 Å². The lowest BCUT2D eigenvalue weighted by Gasteiger charge is -2.32. The number of ether oxygens (including phenoxy) is 1. The van der Waals surface area contributed by atoms with E-state index in [0.29, 0.717) is 41.0 Å². The van der Waals surface area contributed by atoms with Gasteiger partial charge in [-0.05, 0) is 88.3 Å². The summed E-state index contributed by atoms with van der Waals surface area (Å²) in [7, 11) is 3.00. The number of rotatable bonds is 7. The lowest BCUT2D eigenvalue weighted by Crippen LogP contribution is -2.39.